The molecule has 2 aliphatic rings. The van der Waals surface area contributed by atoms with Gasteiger partial charge in [0.25, 0.3) is 0 Å². The van der Waals surface area contributed by atoms with Crippen molar-refractivity contribution in [1.82, 2.24) is 15.5 Å². The first kappa shape index (κ1) is 16.0. The van der Waals surface area contributed by atoms with Crippen molar-refractivity contribution in [1.29, 1.82) is 0 Å². The van der Waals surface area contributed by atoms with Crippen LogP contribution in [-0.2, 0) is 5.41 Å². The third-order valence-electron chi connectivity index (χ3n) is 5.54. The minimum Gasteiger partial charge on any atom is -0.420 e. The van der Waals surface area contributed by atoms with E-state index in [0.717, 1.165) is 30.8 Å². The highest BCUT2D eigenvalue weighted by Gasteiger charge is 2.50. The van der Waals surface area contributed by atoms with Crippen LogP contribution in [0.5, 0.6) is 0 Å². The number of benzene rings is 2. The van der Waals surface area contributed by atoms with Gasteiger partial charge >= 0.3 is 0 Å². The van der Waals surface area contributed by atoms with E-state index in [2.05, 4.69) is 45.8 Å². The van der Waals surface area contributed by atoms with E-state index in [1.54, 1.807) is 0 Å². The van der Waals surface area contributed by atoms with Gasteiger partial charge in [-0.05, 0) is 49.1 Å². The summed E-state index contributed by atoms with van der Waals surface area (Å²) in [6.45, 7) is 0.906. The summed E-state index contributed by atoms with van der Waals surface area (Å²) in [7, 11) is 0. The molecular formula is C21H20ClN3O. The molecule has 4 nitrogen and oxygen atoms in total. The fourth-order valence-electron chi connectivity index (χ4n) is 3.58. The zero-order chi connectivity index (χ0) is 17.6. The molecule has 5 heteroatoms. The topological polar surface area (TPSA) is 51.0 Å². The molecule has 1 heterocycles. The second-order valence-corrected chi connectivity index (χ2v) is 7.88. The van der Waals surface area contributed by atoms with Gasteiger partial charge in [0, 0.05) is 29.1 Å². The highest BCUT2D eigenvalue weighted by molar-refractivity contribution is 6.30. The van der Waals surface area contributed by atoms with Gasteiger partial charge in [0.1, 0.15) is 0 Å². The predicted molar refractivity (Wildman–Crippen MR) is 101 cm³/mol. The summed E-state index contributed by atoms with van der Waals surface area (Å²) in [4.78, 5) is 0. The first-order valence-corrected chi connectivity index (χ1v) is 9.50. The number of halogens is 1. The van der Waals surface area contributed by atoms with E-state index in [4.69, 9.17) is 16.0 Å². The smallest absolute Gasteiger partial charge is 0.247 e. The molecule has 0 bridgehead atoms. The average molecular weight is 366 g/mol. The van der Waals surface area contributed by atoms with E-state index in [0.29, 0.717) is 22.9 Å². The Hall–Kier alpha value is -2.17. The van der Waals surface area contributed by atoms with E-state index in [1.165, 1.54) is 12.0 Å². The molecule has 2 saturated carbocycles. The molecule has 2 unspecified atom stereocenters. The number of nitrogens with one attached hydrogen (secondary N) is 1. The quantitative estimate of drug-likeness (QED) is 0.695. The van der Waals surface area contributed by atoms with Crippen LogP contribution in [0.15, 0.2) is 59.0 Å². The maximum Gasteiger partial charge on any atom is 0.247 e. The van der Waals surface area contributed by atoms with E-state index in [9.17, 15) is 0 Å². The number of nitrogens with zero attached hydrogens (tertiary/aromatic N) is 2. The van der Waals surface area contributed by atoms with Crippen LogP contribution in [0.4, 0.5) is 0 Å². The van der Waals surface area contributed by atoms with Gasteiger partial charge in [0.15, 0.2) is 0 Å². The number of hydrogen-bond donors (Lipinski definition) is 1. The minimum absolute atomic E-state index is 0.0154. The van der Waals surface area contributed by atoms with Gasteiger partial charge in [-0.2, -0.15) is 0 Å². The summed E-state index contributed by atoms with van der Waals surface area (Å²) in [5, 5.41) is 13.0. The molecule has 0 radical (unpaired) electrons. The third-order valence-corrected chi connectivity index (χ3v) is 5.80. The molecule has 0 aliphatic heterocycles. The molecule has 0 saturated heterocycles. The van der Waals surface area contributed by atoms with Crippen LogP contribution >= 0.6 is 11.6 Å². The third kappa shape index (κ3) is 3.04. The Morgan fingerprint density at radius 1 is 1.04 bits per heavy atom. The van der Waals surface area contributed by atoms with Crippen LogP contribution in [0.25, 0.3) is 11.5 Å². The van der Waals surface area contributed by atoms with Gasteiger partial charge < -0.3 is 9.73 Å². The van der Waals surface area contributed by atoms with E-state index < -0.39 is 0 Å². The highest BCUT2D eigenvalue weighted by Crippen LogP contribution is 2.49. The fraction of sp³-hybridized carbons (Fsp3) is 0.333. The Morgan fingerprint density at radius 3 is 2.54 bits per heavy atom. The normalized spacial score (nSPS) is 23.0. The lowest BCUT2D eigenvalue weighted by atomic mass is 10.1. The van der Waals surface area contributed by atoms with E-state index in [1.807, 2.05) is 24.3 Å². The van der Waals surface area contributed by atoms with Crippen molar-refractivity contribution in [3.8, 4) is 11.5 Å². The molecule has 1 N–H and O–H groups in total. The molecule has 2 aromatic carbocycles. The molecule has 0 amide bonds. The van der Waals surface area contributed by atoms with Crippen LogP contribution in [0.3, 0.4) is 0 Å². The molecule has 2 aliphatic carbocycles. The number of aromatic nitrogens is 2. The van der Waals surface area contributed by atoms with Crippen molar-refractivity contribution in [2.75, 3.05) is 6.54 Å². The molecular weight excluding hydrogens is 346 g/mol. The van der Waals surface area contributed by atoms with E-state index in [-0.39, 0.29) is 5.41 Å². The largest absolute Gasteiger partial charge is 0.420 e. The number of rotatable bonds is 6. The predicted octanol–water partition coefficient (Wildman–Crippen LogP) is 4.57. The Morgan fingerprint density at radius 2 is 1.81 bits per heavy atom. The average Bonchev–Trinajstić information content (AvgIpc) is 3.59. The Kier molecular flexibility index (Phi) is 3.84. The van der Waals surface area contributed by atoms with Crippen molar-refractivity contribution in [3.05, 3.63) is 71.1 Å². The van der Waals surface area contributed by atoms with Gasteiger partial charge in [0.2, 0.25) is 11.8 Å². The summed E-state index contributed by atoms with van der Waals surface area (Å²) in [6, 6.07) is 18.8. The first-order chi connectivity index (χ1) is 12.7. The van der Waals surface area contributed by atoms with E-state index >= 15 is 0 Å². The lowest BCUT2D eigenvalue weighted by molar-refractivity contribution is 0.422. The van der Waals surface area contributed by atoms with Crippen LogP contribution < -0.4 is 5.32 Å². The number of hydrogen-bond acceptors (Lipinski definition) is 4. The van der Waals surface area contributed by atoms with Crippen molar-refractivity contribution in [3.63, 3.8) is 0 Å². The summed E-state index contributed by atoms with van der Waals surface area (Å²) in [5.41, 5.74) is 2.35. The molecule has 132 valence electrons. The Bertz CT molecular complexity index is 903. The second kappa shape index (κ2) is 6.22. The molecule has 0 spiro atoms. The van der Waals surface area contributed by atoms with Gasteiger partial charge in [-0.1, -0.05) is 41.9 Å². The first-order valence-electron chi connectivity index (χ1n) is 9.12. The molecule has 2 atom stereocenters. The second-order valence-electron chi connectivity index (χ2n) is 7.44. The van der Waals surface area contributed by atoms with Gasteiger partial charge in [-0.25, -0.2) is 0 Å². The maximum atomic E-state index is 6.00. The molecule has 3 aromatic rings. The Labute approximate surface area is 157 Å². The Balaban J connectivity index is 1.24. The standard InChI is InChI=1S/C21H20ClN3O/c22-16-8-6-15(7-9-16)19-24-25-20(26-19)21(10-11-21)13-23-18-12-17(18)14-4-2-1-3-5-14/h1-9,17-18,23H,10-13H2. The van der Waals surface area contributed by atoms with Gasteiger partial charge in [-0.3, -0.25) is 0 Å². The molecule has 26 heavy (non-hydrogen) atoms. The zero-order valence-corrected chi connectivity index (χ0v) is 15.1. The summed E-state index contributed by atoms with van der Waals surface area (Å²) in [5.74, 6) is 1.96. The van der Waals surface area contributed by atoms with Crippen LogP contribution in [0.1, 0.15) is 36.6 Å². The van der Waals surface area contributed by atoms with Crippen LogP contribution in [0.2, 0.25) is 5.02 Å². The molecule has 1 aromatic heterocycles. The van der Waals surface area contributed by atoms with Crippen LogP contribution in [0, 0.1) is 0 Å². The van der Waals surface area contributed by atoms with Gasteiger partial charge in [0.05, 0.1) is 5.41 Å². The summed E-state index contributed by atoms with van der Waals surface area (Å²) < 4.78 is 6.00. The summed E-state index contributed by atoms with van der Waals surface area (Å²) >= 11 is 5.94. The molecule has 2 fully saturated rings. The van der Waals surface area contributed by atoms with Gasteiger partial charge in [-0.15, -0.1) is 10.2 Å². The maximum absolute atomic E-state index is 6.00. The lowest BCUT2D eigenvalue weighted by Gasteiger charge is -2.12. The zero-order valence-electron chi connectivity index (χ0n) is 14.4. The van der Waals surface area contributed by atoms with Crippen LogP contribution in [-0.4, -0.2) is 22.8 Å². The summed E-state index contributed by atoms with van der Waals surface area (Å²) in [6.07, 6.45) is 3.41. The minimum atomic E-state index is 0.0154. The van der Waals surface area contributed by atoms with Crippen molar-refractivity contribution in [2.24, 2.45) is 0 Å². The monoisotopic (exact) mass is 365 g/mol. The van der Waals surface area contributed by atoms with Crippen molar-refractivity contribution >= 4 is 11.6 Å². The van der Waals surface area contributed by atoms with Crippen molar-refractivity contribution in [2.45, 2.75) is 36.6 Å². The molecule has 5 rings (SSSR count). The highest BCUT2D eigenvalue weighted by atomic mass is 35.5. The SMILES string of the molecule is Clc1ccc(-c2nnc(C3(CNC4CC4c4ccccc4)CC3)o2)cc1. The van der Waals surface area contributed by atoms with Crippen molar-refractivity contribution < 1.29 is 4.42 Å². The fourth-order valence-corrected chi connectivity index (χ4v) is 3.71. The lowest BCUT2D eigenvalue weighted by Crippen LogP contribution is -2.29.